The Hall–Kier alpha value is -0.390. The van der Waals surface area contributed by atoms with Crippen molar-refractivity contribution in [3.8, 4) is 0 Å². The van der Waals surface area contributed by atoms with Crippen LogP contribution in [0.1, 0.15) is 41.5 Å². The zero-order valence-electron chi connectivity index (χ0n) is 10.3. The molecule has 0 heterocycles. The standard InChI is InChI=1S/C12H20B2/c1-11(2,3)9(13)7-8-10(14)12(4,5)6/h7-8H,1-6H3/b9-7+,10-8+. The smallest absolute Gasteiger partial charge is 0.108 e. The predicted molar refractivity (Wildman–Crippen MR) is 66.6 cm³/mol. The molecule has 0 spiro atoms. The van der Waals surface area contributed by atoms with E-state index < -0.39 is 0 Å². The predicted octanol–water partition coefficient (Wildman–Crippen LogP) is 3.18. The lowest BCUT2D eigenvalue weighted by molar-refractivity contribution is 0.525. The van der Waals surface area contributed by atoms with Gasteiger partial charge in [0.1, 0.15) is 15.7 Å². The minimum Gasteiger partial charge on any atom is -0.113 e. The summed E-state index contributed by atoms with van der Waals surface area (Å²) >= 11 is 0. The van der Waals surface area contributed by atoms with Crippen LogP contribution >= 0.6 is 0 Å². The molecule has 0 aliphatic carbocycles. The fourth-order valence-electron chi connectivity index (χ4n) is 0.680. The molecule has 4 radical (unpaired) electrons. The summed E-state index contributed by atoms with van der Waals surface area (Å²) in [6.45, 7) is 12.5. The molecule has 14 heavy (non-hydrogen) atoms. The highest BCUT2D eigenvalue weighted by atomic mass is 14.1. The highest BCUT2D eigenvalue weighted by Crippen LogP contribution is 2.25. The van der Waals surface area contributed by atoms with Gasteiger partial charge in [-0.25, -0.2) is 0 Å². The lowest BCUT2D eigenvalue weighted by Crippen LogP contribution is -2.11. The van der Waals surface area contributed by atoms with Crippen molar-refractivity contribution >= 4 is 15.7 Å². The van der Waals surface area contributed by atoms with Crippen LogP contribution in [0.25, 0.3) is 0 Å². The Balaban J connectivity index is 4.73. The van der Waals surface area contributed by atoms with Gasteiger partial charge in [-0.15, -0.1) is 10.9 Å². The first-order chi connectivity index (χ1) is 6.05. The van der Waals surface area contributed by atoms with Gasteiger partial charge in [-0.05, 0) is 10.8 Å². The SMILES string of the molecule is [B]/C(=C/C=C(/[B])C(C)(C)C)C(C)(C)C. The summed E-state index contributed by atoms with van der Waals surface area (Å²) in [5.74, 6) is 0. The molecule has 0 aromatic rings. The molecule has 0 aliphatic heterocycles. The number of allylic oxidation sites excluding steroid dienone is 4. The highest BCUT2D eigenvalue weighted by molar-refractivity contribution is 6.24. The number of hydrogen-bond acceptors (Lipinski definition) is 0. The normalized spacial score (nSPS) is 15.9. The molecule has 2 heteroatoms. The number of hydrogen-bond donors (Lipinski definition) is 0. The average Bonchev–Trinajstić information content (AvgIpc) is 1.95. The molecule has 0 fully saturated rings. The molecule has 74 valence electrons. The minimum absolute atomic E-state index is 0.00860. The third-order valence-corrected chi connectivity index (χ3v) is 2.17. The molecule has 0 saturated heterocycles. The van der Waals surface area contributed by atoms with E-state index in [0.717, 1.165) is 10.9 Å². The zero-order chi connectivity index (χ0) is 11.6. The van der Waals surface area contributed by atoms with Crippen LogP contribution in [0.4, 0.5) is 0 Å². The van der Waals surface area contributed by atoms with Gasteiger partial charge in [-0.1, -0.05) is 53.7 Å². The monoisotopic (exact) mass is 186 g/mol. The van der Waals surface area contributed by atoms with Crippen molar-refractivity contribution in [1.82, 2.24) is 0 Å². The van der Waals surface area contributed by atoms with Crippen LogP contribution < -0.4 is 0 Å². The maximum absolute atomic E-state index is 5.90. The summed E-state index contributed by atoms with van der Waals surface area (Å²) in [4.78, 5) is 0. The van der Waals surface area contributed by atoms with E-state index >= 15 is 0 Å². The van der Waals surface area contributed by atoms with Crippen LogP contribution in [0.15, 0.2) is 23.1 Å². The molecule has 0 rings (SSSR count). The summed E-state index contributed by atoms with van der Waals surface area (Å²) in [6, 6.07) is 0. The van der Waals surface area contributed by atoms with Crippen molar-refractivity contribution in [2.24, 2.45) is 10.8 Å². The van der Waals surface area contributed by atoms with Crippen molar-refractivity contribution in [3.63, 3.8) is 0 Å². The van der Waals surface area contributed by atoms with Gasteiger partial charge in [0.25, 0.3) is 0 Å². The zero-order valence-corrected chi connectivity index (χ0v) is 10.3. The maximum atomic E-state index is 5.90. The Kier molecular flexibility index (Phi) is 4.30. The van der Waals surface area contributed by atoms with E-state index in [0.29, 0.717) is 0 Å². The summed E-state index contributed by atoms with van der Waals surface area (Å²) in [7, 11) is 11.8. The lowest BCUT2D eigenvalue weighted by Gasteiger charge is -2.22. The van der Waals surface area contributed by atoms with Gasteiger partial charge in [-0.3, -0.25) is 0 Å². The maximum Gasteiger partial charge on any atom is 0.108 e. The highest BCUT2D eigenvalue weighted by Gasteiger charge is 2.13. The molecule has 0 aromatic carbocycles. The fourth-order valence-corrected chi connectivity index (χ4v) is 0.680. The van der Waals surface area contributed by atoms with E-state index in [1.807, 2.05) is 12.2 Å². The van der Waals surface area contributed by atoms with Crippen LogP contribution in [-0.4, -0.2) is 15.7 Å². The van der Waals surface area contributed by atoms with E-state index in [-0.39, 0.29) is 10.8 Å². The van der Waals surface area contributed by atoms with Gasteiger partial charge in [0.2, 0.25) is 0 Å². The minimum atomic E-state index is 0.00860. The van der Waals surface area contributed by atoms with E-state index in [2.05, 4.69) is 41.5 Å². The summed E-state index contributed by atoms with van der Waals surface area (Å²) < 4.78 is 0. The van der Waals surface area contributed by atoms with E-state index in [1.165, 1.54) is 0 Å². The molecule has 0 saturated carbocycles. The first-order valence-corrected chi connectivity index (χ1v) is 4.99. The van der Waals surface area contributed by atoms with Crippen molar-refractivity contribution < 1.29 is 0 Å². The van der Waals surface area contributed by atoms with E-state index in [4.69, 9.17) is 15.7 Å². The Morgan fingerprint density at radius 3 is 1.07 bits per heavy atom. The van der Waals surface area contributed by atoms with Crippen LogP contribution in [0, 0.1) is 10.8 Å². The molecular weight excluding hydrogens is 166 g/mol. The van der Waals surface area contributed by atoms with E-state index in [9.17, 15) is 0 Å². The quantitative estimate of drug-likeness (QED) is 0.435. The fraction of sp³-hybridized carbons (Fsp3) is 0.667. The first-order valence-electron chi connectivity index (χ1n) is 4.99. The molecule has 0 bridgehead atoms. The molecule has 0 N–H and O–H groups in total. The van der Waals surface area contributed by atoms with Gasteiger partial charge in [0.15, 0.2) is 0 Å². The molecule has 0 nitrogen and oxygen atoms in total. The van der Waals surface area contributed by atoms with Gasteiger partial charge in [0.05, 0.1) is 0 Å². The second-order valence-corrected chi connectivity index (χ2v) is 5.74. The van der Waals surface area contributed by atoms with Crippen LogP contribution in [-0.2, 0) is 0 Å². The Morgan fingerprint density at radius 1 is 0.714 bits per heavy atom. The molecule has 0 amide bonds. The third-order valence-electron chi connectivity index (χ3n) is 2.17. The average molecular weight is 186 g/mol. The van der Waals surface area contributed by atoms with Crippen molar-refractivity contribution in [1.29, 1.82) is 0 Å². The van der Waals surface area contributed by atoms with Gasteiger partial charge in [-0.2, -0.15) is 0 Å². The van der Waals surface area contributed by atoms with Gasteiger partial charge in [0, 0.05) is 0 Å². The van der Waals surface area contributed by atoms with Crippen molar-refractivity contribution in [3.05, 3.63) is 23.1 Å². The van der Waals surface area contributed by atoms with Gasteiger partial charge >= 0.3 is 0 Å². The lowest BCUT2D eigenvalue weighted by atomic mass is 9.71. The number of rotatable bonds is 1. The molecular formula is C12H20B2. The van der Waals surface area contributed by atoms with E-state index in [1.54, 1.807) is 0 Å². The largest absolute Gasteiger partial charge is 0.113 e. The molecule has 0 aliphatic rings. The summed E-state index contributed by atoms with van der Waals surface area (Å²) in [5, 5.41) is 0. The van der Waals surface area contributed by atoms with Crippen molar-refractivity contribution in [2.75, 3.05) is 0 Å². The van der Waals surface area contributed by atoms with Gasteiger partial charge < -0.3 is 0 Å². The van der Waals surface area contributed by atoms with Crippen LogP contribution in [0.3, 0.4) is 0 Å². The Morgan fingerprint density at radius 2 is 0.929 bits per heavy atom. The summed E-state index contributed by atoms with van der Waals surface area (Å²) in [5.41, 5.74) is 1.72. The van der Waals surface area contributed by atoms with Crippen LogP contribution in [0.2, 0.25) is 0 Å². The Labute approximate surface area is 91.7 Å². The Bertz CT molecular complexity index is 218. The second-order valence-electron chi connectivity index (χ2n) is 5.74. The topological polar surface area (TPSA) is 0 Å². The summed E-state index contributed by atoms with van der Waals surface area (Å²) in [6.07, 6.45) is 3.81. The van der Waals surface area contributed by atoms with Crippen molar-refractivity contribution in [2.45, 2.75) is 41.5 Å². The molecule has 0 atom stereocenters. The first kappa shape index (κ1) is 13.6. The third kappa shape index (κ3) is 4.74. The van der Waals surface area contributed by atoms with Crippen LogP contribution in [0.5, 0.6) is 0 Å². The molecule has 0 aromatic heterocycles. The molecule has 0 unspecified atom stereocenters. The second kappa shape index (κ2) is 4.42.